The minimum absolute atomic E-state index is 0.0308. The smallest absolute Gasteiger partial charge is 0.0645 e. The Morgan fingerprint density at radius 2 is 1.52 bits per heavy atom. The predicted octanol–water partition coefficient (Wildman–Crippen LogP) is 6.08. The van der Waals surface area contributed by atoms with E-state index in [-0.39, 0.29) is 64.1 Å². The van der Waals surface area contributed by atoms with Crippen LogP contribution in [0.4, 0.5) is 0 Å². The van der Waals surface area contributed by atoms with Gasteiger partial charge in [-0.3, -0.25) is 0 Å². The number of para-hydroxylation sites is 2. The van der Waals surface area contributed by atoms with Crippen LogP contribution in [0.3, 0.4) is 0 Å². The molecule has 0 aliphatic carbocycles. The van der Waals surface area contributed by atoms with Gasteiger partial charge in [-0.2, -0.15) is 0 Å². The van der Waals surface area contributed by atoms with Gasteiger partial charge in [0.05, 0.1) is 20.6 Å². The van der Waals surface area contributed by atoms with E-state index in [9.17, 15) is 0 Å². The van der Waals surface area contributed by atoms with E-state index in [2.05, 4.69) is 0 Å². The van der Waals surface area contributed by atoms with Gasteiger partial charge in [0, 0.05) is 16.5 Å². The summed E-state index contributed by atoms with van der Waals surface area (Å²) in [5.74, 6) is 0. The lowest BCUT2D eigenvalue weighted by Gasteiger charge is -2.19. The van der Waals surface area contributed by atoms with E-state index < -0.39 is 5.41 Å². The van der Waals surface area contributed by atoms with Gasteiger partial charge >= 0.3 is 0 Å². The number of rotatable bonds is 1. The highest BCUT2D eigenvalue weighted by Crippen LogP contribution is 2.34. The standard InChI is InChI=1S/C22H21N/c1-22(2,3)16-13-14-21-19(15-16)18-11-7-8-12-20(18)23(21)17-9-5-4-6-10-17/h4-15H,1-3H3/i7D,8D,11D,12D,13D,14D,15D. The monoisotopic (exact) mass is 306 g/mol. The Labute approximate surface area is 147 Å². The molecule has 0 saturated carbocycles. The molecule has 0 bridgehead atoms. The molecule has 0 atom stereocenters. The van der Waals surface area contributed by atoms with Gasteiger partial charge in [-0.1, -0.05) is 63.1 Å². The molecule has 0 aliphatic rings. The highest BCUT2D eigenvalue weighted by molar-refractivity contribution is 6.09. The maximum absolute atomic E-state index is 8.91. The van der Waals surface area contributed by atoms with Crippen LogP contribution < -0.4 is 0 Å². The maximum Gasteiger partial charge on any atom is 0.0645 e. The molecule has 0 fully saturated rings. The summed E-state index contributed by atoms with van der Waals surface area (Å²) in [5, 5.41) is 0.496. The first-order valence-electron chi connectivity index (χ1n) is 11.1. The van der Waals surface area contributed by atoms with Gasteiger partial charge in [0.15, 0.2) is 0 Å². The average Bonchev–Trinajstić information content (AvgIpc) is 3.05. The third-order valence-electron chi connectivity index (χ3n) is 3.92. The summed E-state index contributed by atoms with van der Waals surface area (Å²) in [6, 6.07) is 7.66. The molecule has 1 heteroatoms. The normalized spacial score (nSPS) is 16.4. The number of nitrogens with zero attached hydrogens (tertiary/aromatic N) is 1. The maximum atomic E-state index is 8.91. The first kappa shape index (κ1) is 8.35. The fourth-order valence-electron chi connectivity index (χ4n) is 2.72. The lowest BCUT2D eigenvalue weighted by atomic mass is 9.86. The van der Waals surface area contributed by atoms with Crippen LogP contribution in [0.5, 0.6) is 0 Å². The summed E-state index contributed by atoms with van der Waals surface area (Å²) in [7, 11) is 0. The third kappa shape index (κ3) is 2.24. The molecule has 0 saturated heterocycles. The third-order valence-corrected chi connectivity index (χ3v) is 3.92. The Hall–Kier alpha value is -2.54. The van der Waals surface area contributed by atoms with E-state index in [4.69, 9.17) is 9.60 Å². The molecule has 4 rings (SSSR count). The number of hydrogen-bond acceptors (Lipinski definition) is 0. The van der Waals surface area contributed by atoms with Crippen molar-refractivity contribution in [1.82, 2.24) is 4.57 Å². The zero-order valence-electron chi connectivity index (χ0n) is 20.3. The van der Waals surface area contributed by atoms with Crippen LogP contribution in [0, 0.1) is 0 Å². The Morgan fingerprint density at radius 1 is 0.826 bits per heavy atom. The van der Waals surface area contributed by atoms with Crippen LogP contribution >= 0.6 is 0 Å². The first-order valence-corrected chi connectivity index (χ1v) is 7.58. The van der Waals surface area contributed by atoms with Gasteiger partial charge in [-0.25, -0.2) is 0 Å². The van der Waals surface area contributed by atoms with Crippen molar-refractivity contribution in [3.8, 4) is 5.69 Å². The van der Waals surface area contributed by atoms with Gasteiger partial charge in [0.25, 0.3) is 0 Å². The second-order valence-electron chi connectivity index (χ2n) is 6.62. The van der Waals surface area contributed by atoms with E-state index >= 15 is 0 Å². The molecule has 1 heterocycles. The topological polar surface area (TPSA) is 4.93 Å². The summed E-state index contributed by atoms with van der Waals surface area (Å²) in [5.41, 5.74) is 0.892. The molecular formula is C22H21N. The molecule has 0 unspecified atom stereocenters. The Morgan fingerprint density at radius 3 is 2.26 bits per heavy atom. The molecule has 1 aromatic heterocycles. The van der Waals surface area contributed by atoms with Crippen molar-refractivity contribution < 1.29 is 9.60 Å². The van der Waals surface area contributed by atoms with E-state index in [0.29, 0.717) is 11.3 Å². The van der Waals surface area contributed by atoms with Crippen molar-refractivity contribution in [2.45, 2.75) is 26.2 Å². The molecule has 4 aromatic rings. The molecule has 0 radical (unpaired) electrons. The largest absolute Gasteiger partial charge is 0.309 e. The molecule has 1 nitrogen and oxygen atoms in total. The van der Waals surface area contributed by atoms with Crippen molar-refractivity contribution in [3.05, 3.63) is 78.2 Å². The van der Waals surface area contributed by atoms with Gasteiger partial charge in [0.2, 0.25) is 0 Å². The van der Waals surface area contributed by atoms with Crippen LogP contribution in [-0.2, 0) is 5.41 Å². The van der Waals surface area contributed by atoms with Gasteiger partial charge in [-0.05, 0) is 41.2 Å². The van der Waals surface area contributed by atoms with Gasteiger partial charge in [0.1, 0.15) is 0 Å². The SMILES string of the molecule is [2H]c1c([2H])c([2H])c2c(c1[2H])c1c([2H])c(C(C)(C)C)c([2H])c([2H])c1n2-c1ccccc1. The van der Waals surface area contributed by atoms with E-state index in [0.717, 1.165) is 0 Å². The summed E-state index contributed by atoms with van der Waals surface area (Å²) in [4.78, 5) is 0. The van der Waals surface area contributed by atoms with Crippen molar-refractivity contribution >= 4 is 21.8 Å². The lowest BCUT2D eigenvalue weighted by molar-refractivity contribution is 0.591. The van der Waals surface area contributed by atoms with Crippen molar-refractivity contribution in [3.63, 3.8) is 0 Å². The minimum atomic E-state index is -0.579. The molecule has 23 heavy (non-hydrogen) atoms. The molecular weight excluding hydrogens is 278 g/mol. The zero-order valence-corrected chi connectivity index (χ0v) is 13.3. The molecule has 0 N–H and O–H groups in total. The summed E-state index contributed by atoms with van der Waals surface area (Å²) in [6.45, 7) is 5.61. The van der Waals surface area contributed by atoms with Gasteiger partial charge < -0.3 is 4.57 Å². The van der Waals surface area contributed by atoms with Crippen molar-refractivity contribution in [1.29, 1.82) is 0 Å². The number of hydrogen-bond donors (Lipinski definition) is 0. The highest BCUT2D eigenvalue weighted by atomic mass is 15.0. The van der Waals surface area contributed by atoms with Crippen LogP contribution in [0.25, 0.3) is 27.5 Å². The predicted molar refractivity (Wildman–Crippen MR) is 99.5 cm³/mol. The second kappa shape index (κ2) is 4.99. The molecule has 0 spiro atoms. The molecule has 3 aromatic carbocycles. The number of fused-ring (bicyclic) bond motifs is 3. The van der Waals surface area contributed by atoms with E-state index in [1.54, 1.807) is 28.8 Å². The van der Waals surface area contributed by atoms with Gasteiger partial charge in [-0.15, -0.1) is 0 Å². The van der Waals surface area contributed by atoms with Crippen LogP contribution in [0.2, 0.25) is 0 Å². The second-order valence-corrected chi connectivity index (χ2v) is 6.62. The number of aromatic nitrogens is 1. The summed E-state index contributed by atoms with van der Waals surface area (Å²) in [6.07, 6.45) is 0. The van der Waals surface area contributed by atoms with Crippen molar-refractivity contribution in [2.75, 3.05) is 0 Å². The highest BCUT2D eigenvalue weighted by Gasteiger charge is 2.17. The number of benzene rings is 3. The molecule has 0 amide bonds. The Kier molecular flexibility index (Phi) is 1.81. The minimum Gasteiger partial charge on any atom is -0.309 e. The summed E-state index contributed by atoms with van der Waals surface area (Å²) >= 11 is 0. The average molecular weight is 306 g/mol. The molecule has 0 aliphatic heterocycles. The fourth-order valence-corrected chi connectivity index (χ4v) is 2.72. The Bertz CT molecular complexity index is 1330. The van der Waals surface area contributed by atoms with Crippen LogP contribution in [0.15, 0.2) is 72.6 Å². The quantitative estimate of drug-likeness (QED) is 0.401. The zero-order chi connectivity index (χ0) is 22.1. The fraction of sp³-hybridized carbons (Fsp3) is 0.182. The molecule has 114 valence electrons. The van der Waals surface area contributed by atoms with Crippen LogP contribution in [0.1, 0.15) is 35.9 Å². The van der Waals surface area contributed by atoms with Crippen molar-refractivity contribution in [2.24, 2.45) is 0 Å². The van der Waals surface area contributed by atoms with E-state index in [1.807, 2.05) is 26.8 Å². The first-order chi connectivity index (χ1) is 14.0. The van der Waals surface area contributed by atoms with E-state index in [1.165, 1.54) is 0 Å². The lowest BCUT2D eigenvalue weighted by Crippen LogP contribution is -2.10. The Balaban J connectivity index is 2.44. The van der Waals surface area contributed by atoms with Crippen LogP contribution in [-0.4, -0.2) is 4.57 Å². The summed E-state index contributed by atoms with van der Waals surface area (Å²) < 4.78 is 61.3.